The van der Waals surface area contributed by atoms with Crippen molar-refractivity contribution in [3.05, 3.63) is 23.0 Å². The number of nitrogens with zero attached hydrogens (tertiary/aromatic N) is 1. The molecule has 1 heterocycles. The number of amides is 2. The van der Waals surface area contributed by atoms with Crippen LogP contribution in [0.3, 0.4) is 0 Å². The van der Waals surface area contributed by atoms with Crippen molar-refractivity contribution in [2.45, 2.75) is 118 Å². The lowest BCUT2D eigenvalue weighted by Gasteiger charge is -2.58. The first-order chi connectivity index (χ1) is 18.3. The van der Waals surface area contributed by atoms with Gasteiger partial charge in [-0.1, -0.05) is 32.4 Å². The number of rotatable bonds is 6. The second kappa shape index (κ2) is 10.4. The van der Waals surface area contributed by atoms with Crippen molar-refractivity contribution in [2.24, 2.45) is 40.4 Å². The summed E-state index contributed by atoms with van der Waals surface area (Å²) in [5.74, 6) is 3.48. The Kier molecular flexibility index (Phi) is 7.56. The van der Waals surface area contributed by atoms with Gasteiger partial charge in [-0.15, -0.1) is 0 Å². The highest BCUT2D eigenvalue weighted by molar-refractivity contribution is 5.92. The predicted molar refractivity (Wildman–Crippen MR) is 150 cm³/mol. The minimum atomic E-state index is -0.179. The molecule has 4 aliphatic carbocycles. The lowest BCUT2D eigenvalue weighted by Crippen LogP contribution is -2.50. The smallest absolute Gasteiger partial charge is 0.302 e. The molecule has 0 radical (unpaired) electrons. The zero-order valence-corrected chi connectivity index (χ0v) is 25.2. The van der Waals surface area contributed by atoms with Gasteiger partial charge in [-0.25, -0.2) is 0 Å². The highest BCUT2D eigenvalue weighted by Gasteiger charge is 2.63. The van der Waals surface area contributed by atoms with Crippen LogP contribution >= 0.6 is 0 Å². The average molecular weight is 540 g/mol. The van der Waals surface area contributed by atoms with E-state index in [1.807, 2.05) is 0 Å². The zero-order valence-electron chi connectivity index (χ0n) is 25.2. The number of fused-ring (bicyclic) bond motifs is 7. The fraction of sp³-hybridized carbons (Fsp3) is 0.788. The van der Waals surface area contributed by atoms with Gasteiger partial charge in [-0.2, -0.15) is 0 Å². The van der Waals surface area contributed by atoms with E-state index in [0.29, 0.717) is 30.2 Å². The van der Waals surface area contributed by atoms with Crippen LogP contribution in [0.5, 0.6) is 0 Å². The molecule has 3 fully saturated rings. The summed E-state index contributed by atoms with van der Waals surface area (Å²) in [5.41, 5.74) is 3.50. The van der Waals surface area contributed by atoms with E-state index < -0.39 is 0 Å². The van der Waals surface area contributed by atoms with Crippen molar-refractivity contribution in [3.8, 4) is 0 Å². The molecule has 0 bridgehead atoms. The van der Waals surface area contributed by atoms with Gasteiger partial charge in [-0.05, 0) is 91.9 Å². The van der Waals surface area contributed by atoms with Gasteiger partial charge < -0.3 is 9.47 Å². The predicted octanol–water partition coefficient (Wildman–Crippen LogP) is 6.59. The minimum absolute atomic E-state index is 0.0494. The van der Waals surface area contributed by atoms with Crippen molar-refractivity contribution in [1.29, 1.82) is 0 Å². The number of allylic oxidation sites excluding steroid dienone is 2. The molecular weight excluding hydrogens is 490 g/mol. The summed E-state index contributed by atoms with van der Waals surface area (Å²) < 4.78 is 12.4. The zero-order chi connectivity index (χ0) is 28.3. The maximum Gasteiger partial charge on any atom is 0.302 e. The van der Waals surface area contributed by atoms with Crippen molar-refractivity contribution >= 4 is 17.8 Å². The van der Waals surface area contributed by atoms with Gasteiger partial charge in [-0.3, -0.25) is 19.3 Å². The highest BCUT2D eigenvalue weighted by Crippen LogP contribution is 2.69. The molecule has 5 rings (SSSR count). The van der Waals surface area contributed by atoms with Gasteiger partial charge in [0, 0.05) is 46.1 Å². The largest absolute Gasteiger partial charge is 0.494 e. The average Bonchev–Trinajstić information content (AvgIpc) is 3.33. The maximum atomic E-state index is 11.8. The highest BCUT2D eigenvalue weighted by atomic mass is 16.5. The molecule has 0 aromatic carbocycles. The topological polar surface area (TPSA) is 72.9 Å². The van der Waals surface area contributed by atoms with E-state index in [0.717, 1.165) is 50.7 Å². The molecule has 0 aromatic rings. The molecule has 0 N–H and O–H groups in total. The first-order valence-electron chi connectivity index (χ1n) is 15.4. The summed E-state index contributed by atoms with van der Waals surface area (Å²) in [7, 11) is 0. The van der Waals surface area contributed by atoms with Crippen LogP contribution in [0.2, 0.25) is 0 Å². The van der Waals surface area contributed by atoms with Gasteiger partial charge in [0.1, 0.15) is 12.2 Å². The molecule has 0 spiro atoms. The quantitative estimate of drug-likeness (QED) is 0.281. The Morgan fingerprint density at radius 2 is 1.82 bits per heavy atom. The van der Waals surface area contributed by atoms with Crippen molar-refractivity contribution in [3.63, 3.8) is 0 Å². The molecule has 216 valence electrons. The number of ether oxygens (including phenoxy) is 2. The molecule has 5 aliphatic rings. The van der Waals surface area contributed by atoms with Gasteiger partial charge in [0.05, 0.1) is 5.76 Å². The number of hydrogen-bond donors (Lipinski definition) is 0. The van der Waals surface area contributed by atoms with Crippen molar-refractivity contribution < 1.29 is 23.9 Å². The lowest BCUT2D eigenvalue weighted by molar-refractivity contribution is -0.149. The van der Waals surface area contributed by atoms with Gasteiger partial charge in [0.2, 0.25) is 11.8 Å². The molecule has 0 saturated heterocycles. The summed E-state index contributed by atoms with van der Waals surface area (Å²) >= 11 is 0. The Morgan fingerprint density at radius 3 is 2.49 bits per heavy atom. The third-order valence-corrected chi connectivity index (χ3v) is 11.7. The van der Waals surface area contributed by atoms with Crippen LogP contribution in [0.15, 0.2) is 23.0 Å². The molecule has 1 aliphatic heterocycles. The van der Waals surface area contributed by atoms with E-state index in [1.165, 1.54) is 44.1 Å². The normalized spacial score (nSPS) is 39.4. The third-order valence-electron chi connectivity index (χ3n) is 11.7. The third kappa shape index (κ3) is 4.88. The molecule has 3 saturated carbocycles. The summed E-state index contributed by atoms with van der Waals surface area (Å²) in [6.07, 6.45) is 12.5. The molecule has 9 atom stereocenters. The van der Waals surface area contributed by atoms with Gasteiger partial charge in [0.15, 0.2) is 0 Å². The maximum absolute atomic E-state index is 11.8. The van der Waals surface area contributed by atoms with Crippen LogP contribution in [-0.4, -0.2) is 41.4 Å². The van der Waals surface area contributed by atoms with E-state index in [1.54, 1.807) is 5.57 Å². The molecule has 6 heteroatoms. The Hall–Kier alpha value is -2.11. The first kappa shape index (κ1) is 28.4. The number of carbonyl (C=O) groups is 3. The summed E-state index contributed by atoms with van der Waals surface area (Å²) in [4.78, 5) is 36.6. The van der Waals surface area contributed by atoms with Crippen LogP contribution in [0.1, 0.15) is 106 Å². The van der Waals surface area contributed by atoms with Crippen LogP contribution in [0.4, 0.5) is 0 Å². The second-order valence-corrected chi connectivity index (χ2v) is 14.0. The van der Waals surface area contributed by atoms with Crippen LogP contribution in [0, 0.1) is 40.4 Å². The molecule has 39 heavy (non-hydrogen) atoms. The van der Waals surface area contributed by atoms with E-state index >= 15 is 0 Å². The molecule has 0 aromatic heterocycles. The summed E-state index contributed by atoms with van der Waals surface area (Å²) in [6.45, 7) is 14.4. The van der Waals surface area contributed by atoms with Crippen LogP contribution in [-0.2, 0) is 23.9 Å². The van der Waals surface area contributed by atoms with Gasteiger partial charge in [0.25, 0.3) is 0 Å². The van der Waals surface area contributed by atoms with Crippen molar-refractivity contribution in [2.75, 3.05) is 6.54 Å². The Morgan fingerprint density at radius 1 is 1.10 bits per heavy atom. The van der Waals surface area contributed by atoms with Gasteiger partial charge >= 0.3 is 5.97 Å². The molecule has 6 nitrogen and oxygen atoms in total. The number of esters is 1. The standard InChI is InChI=1S/C33H49NO5/c1-19(18-34(21(3)35)22(4)36)8-11-29-20(2)31-30(39-29)17-28-26-10-9-24-16-25(38-23(5)37)12-14-32(24,6)27(26)13-15-33(28,31)7/h9,19,25-28,30-31H,8,10-18H2,1-7H3/t19?,25?,26?,27?,28?,30?,31?,32-,33-/m0/s1. The van der Waals surface area contributed by atoms with Crippen LogP contribution < -0.4 is 0 Å². The fourth-order valence-corrected chi connectivity index (χ4v) is 9.81. The van der Waals surface area contributed by atoms with E-state index in [9.17, 15) is 14.4 Å². The van der Waals surface area contributed by atoms with E-state index in [-0.39, 0.29) is 46.7 Å². The monoisotopic (exact) mass is 539 g/mol. The SMILES string of the molecule is CC(=O)OC1CC[C@@]2(C)C(=CCC3C4CC5OC(CCC(C)CN(C(C)=O)C(C)=O)=C(C)C5[C@@]4(C)CCC32)C1. The van der Waals surface area contributed by atoms with E-state index in [4.69, 9.17) is 9.47 Å². The Balaban J connectivity index is 1.27. The number of imide groups is 1. The fourth-order valence-electron chi connectivity index (χ4n) is 9.81. The minimum Gasteiger partial charge on any atom is -0.494 e. The van der Waals surface area contributed by atoms with E-state index in [2.05, 4.69) is 33.8 Å². The number of hydrogen-bond acceptors (Lipinski definition) is 5. The first-order valence-corrected chi connectivity index (χ1v) is 15.4. The number of carbonyl (C=O) groups excluding carboxylic acids is 3. The van der Waals surface area contributed by atoms with Crippen molar-refractivity contribution in [1.82, 2.24) is 4.90 Å². The lowest BCUT2D eigenvalue weighted by atomic mass is 9.47. The van der Waals surface area contributed by atoms with Crippen LogP contribution in [0.25, 0.3) is 0 Å². The summed E-state index contributed by atoms with van der Waals surface area (Å²) in [6, 6.07) is 0. The Labute approximate surface area is 234 Å². The molecular formula is C33H49NO5. The second-order valence-electron chi connectivity index (χ2n) is 14.0. The Bertz CT molecular complexity index is 1080. The molecule has 7 unspecified atom stereocenters. The summed E-state index contributed by atoms with van der Waals surface area (Å²) in [5, 5.41) is 0. The molecule has 2 amide bonds.